The summed E-state index contributed by atoms with van der Waals surface area (Å²) in [4.78, 5) is 12.5. The van der Waals surface area contributed by atoms with E-state index in [1.807, 2.05) is 39.1 Å². The van der Waals surface area contributed by atoms with E-state index in [0.29, 0.717) is 17.7 Å². The summed E-state index contributed by atoms with van der Waals surface area (Å²) in [6.45, 7) is 3.92. The van der Waals surface area contributed by atoms with Crippen molar-refractivity contribution >= 4 is 5.91 Å². The predicted octanol–water partition coefficient (Wildman–Crippen LogP) is 1.99. The zero-order chi connectivity index (χ0) is 16.6. The molecule has 1 aliphatic rings. The van der Waals surface area contributed by atoms with E-state index in [4.69, 9.17) is 0 Å². The second kappa shape index (κ2) is 5.81. The number of rotatable bonds is 3. The average Bonchev–Trinajstić information content (AvgIpc) is 2.78. The Hall–Kier alpha value is -2.14. The minimum Gasteiger partial charge on any atom is -0.383 e. The molecular weight excluding hydrogens is 290 g/mol. The molecule has 3 rings (SSSR count). The third-order valence-electron chi connectivity index (χ3n) is 4.83. The van der Waals surface area contributed by atoms with Gasteiger partial charge >= 0.3 is 0 Å². The van der Waals surface area contributed by atoms with Gasteiger partial charge < -0.3 is 10.4 Å². The lowest BCUT2D eigenvalue weighted by Gasteiger charge is -2.34. The number of nitrogens with one attached hydrogen (secondary N) is 1. The first-order valence-electron chi connectivity index (χ1n) is 8.01. The Balaban J connectivity index is 1.80. The van der Waals surface area contributed by atoms with Gasteiger partial charge in [0.05, 0.1) is 17.8 Å². The molecule has 23 heavy (non-hydrogen) atoms. The fourth-order valence-corrected chi connectivity index (χ4v) is 3.50. The van der Waals surface area contributed by atoms with Gasteiger partial charge in [0.25, 0.3) is 5.91 Å². The minimum absolute atomic E-state index is 0.176. The van der Waals surface area contributed by atoms with Crippen molar-refractivity contribution in [3.05, 3.63) is 52.3 Å². The van der Waals surface area contributed by atoms with Crippen molar-refractivity contribution in [3.8, 4) is 0 Å². The fraction of sp³-hybridized carbons (Fsp3) is 0.444. The minimum atomic E-state index is -0.992. The van der Waals surface area contributed by atoms with Crippen molar-refractivity contribution in [3.63, 3.8) is 0 Å². The van der Waals surface area contributed by atoms with Crippen molar-refractivity contribution in [1.29, 1.82) is 0 Å². The number of amides is 1. The van der Waals surface area contributed by atoms with E-state index in [9.17, 15) is 9.90 Å². The number of benzene rings is 1. The first kappa shape index (κ1) is 15.7. The van der Waals surface area contributed by atoms with Crippen LogP contribution in [0.5, 0.6) is 0 Å². The molecule has 1 unspecified atom stereocenters. The van der Waals surface area contributed by atoms with Gasteiger partial charge in [-0.2, -0.15) is 5.10 Å². The zero-order valence-electron chi connectivity index (χ0n) is 13.9. The van der Waals surface area contributed by atoms with Gasteiger partial charge in [0, 0.05) is 12.7 Å². The molecule has 0 saturated carbocycles. The first-order valence-corrected chi connectivity index (χ1v) is 8.01. The molecule has 1 aromatic heterocycles. The highest BCUT2D eigenvalue weighted by molar-refractivity contribution is 5.96. The molecule has 0 fully saturated rings. The molecule has 122 valence electrons. The van der Waals surface area contributed by atoms with Crippen LogP contribution in [0.2, 0.25) is 0 Å². The van der Waals surface area contributed by atoms with E-state index in [1.165, 1.54) is 5.56 Å². The van der Waals surface area contributed by atoms with Crippen molar-refractivity contribution in [2.45, 2.75) is 38.7 Å². The Morgan fingerprint density at radius 3 is 2.83 bits per heavy atom. The van der Waals surface area contributed by atoms with Gasteiger partial charge in [-0.1, -0.05) is 24.3 Å². The lowest BCUT2D eigenvalue weighted by atomic mass is 9.79. The molecular formula is C18H23N3O2. The third-order valence-corrected chi connectivity index (χ3v) is 4.83. The summed E-state index contributed by atoms with van der Waals surface area (Å²) in [5.41, 5.74) is 3.25. The number of nitrogens with zero attached hydrogens (tertiary/aromatic N) is 2. The molecule has 0 bridgehead atoms. The molecule has 0 aliphatic heterocycles. The van der Waals surface area contributed by atoms with E-state index in [0.717, 1.165) is 24.1 Å². The van der Waals surface area contributed by atoms with Crippen molar-refractivity contribution in [1.82, 2.24) is 15.1 Å². The number of hydrogen-bond donors (Lipinski definition) is 2. The van der Waals surface area contributed by atoms with Gasteiger partial charge in [-0.15, -0.1) is 0 Å². The monoisotopic (exact) mass is 313 g/mol. The Labute approximate surface area is 136 Å². The fourth-order valence-electron chi connectivity index (χ4n) is 3.50. The van der Waals surface area contributed by atoms with Crippen LogP contribution in [0.15, 0.2) is 24.3 Å². The summed E-state index contributed by atoms with van der Waals surface area (Å²) in [6.07, 6.45) is 2.57. The second-order valence-electron chi connectivity index (χ2n) is 6.39. The van der Waals surface area contributed by atoms with Crippen LogP contribution in [-0.4, -0.2) is 27.3 Å². The van der Waals surface area contributed by atoms with Crippen molar-refractivity contribution < 1.29 is 9.90 Å². The number of carbonyl (C=O) groups is 1. The lowest BCUT2D eigenvalue weighted by molar-refractivity contribution is 0.0189. The molecule has 1 amide bonds. The smallest absolute Gasteiger partial charge is 0.255 e. The van der Waals surface area contributed by atoms with Gasteiger partial charge in [-0.05, 0) is 44.2 Å². The van der Waals surface area contributed by atoms with Crippen LogP contribution in [0.25, 0.3) is 0 Å². The Morgan fingerprint density at radius 2 is 2.13 bits per heavy atom. The second-order valence-corrected chi connectivity index (χ2v) is 6.39. The SMILES string of the molecule is Cc1nn(C)c(C)c1C(=O)NCC1(O)CCCc2ccccc21. The van der Waals surface area contributed by atoms with E-state index < -0.39 is 5.60 Å². The number of aliphatic hydroxyl groups is 1. The maximum Gasteiger partial charge on any atom is 0.255 e. The summed E-state index contributed by atoms with van der Waals surface area (Å²) in [5.74, 6) is -0.176. The topological polar surface area (TPSA) is 67.2 Å². The molecule has 0 radical (unpaired) electrons. The molecule has 5 heteroatoms. The number of fused-ring (bicyclic) bond motifs is 1. The lowest BCUT2D eigenvalue weighted by Crippen LogP contribution is -2.43. The molecule has 2 N–H and O–H groups in total. The summed E-state index contributed by atoms with van der Waals surface area (Å²) in [6, 6.07) is 7.94. The van der Waals surface area contributed by atoms with Crippen LogP contribution in [-0.2, 0) is 19.1 Å². The highest BCUT2D eigenvalue weighted by Crippen LogP contribution is 2.34. The summed E-state index contributed by atoms with van der Waals surface area (Å²) in [5, 5.41) is 18.2. The number of aromatic nitrogens is 2. The molecule has 1 aliphatic carbocycles. The quantitative estimate of drug-likeness (QED) is 0.910. The third kappa shape index (κ3) is 2.77. The summed E-state index contributed by atoms with van der Waals surface area (Å²) in [7, 11) is 1.82. The highest BCUT2D eigenvalue weighted by Gasteiger charge is 2.34. The summed E-state index contributed by atoms with van der Waals surface area (Å²) >= 11 is 0. The maximum absolute atomic E-state index is 12.5. The Morgan fingerprint density at radius 1 is 1.39 bits per heavy atom. The van der Waals surface area contributed by atoms with E-state index in [1.54, 1.807) is 4.68 Å². The van der Waals surface area contributed by atoms with Crippen LogP contribution in [0, 0.1) is 13.8 Å². The van der Waals surface area contributed by atoms with Crippen molar-refractivity contribution in [2.75, 3.05) is 6.54 Å². The van der Waals surface area contributed by atoms with Crippen molar-refractivity contribution in [2.24, 2.45) is 7.05 Å². The maximum atomic E-state index is 12.5. The van der Waals surface area contributed by atoms with Gasteiger partial charge in [0.2, 0.25) is 0 Å². The molecule has 0 saturated heterocycles. The normalized spacial score (nSPS) is 20.2. The van der Waals surface area contributed by atoms with Gasteiger partial charge in [-0.3, -0.25) is 9.48 Å². The van der Waals surface area contributed by atoms with Crippen LogP contribution in [0.3, 0.4) is 0 Å². The van der Waals surface area contributed by atoms with Crippen LogP contribution in [0.1, 0.15) is 45.7 Å². The molecule has 5 nitrogen and oxygen atoms in total. The zero-order valence-corrected chi connectivity index (χ0v) is 13.9. The predicted molar refractivity (Wildman–Crippen MR) is 88.3 cm³/mol. The van der Waals surface area contributed by atoms with Crippen LogP contribution in [0.4, 0.5) is 0 Å². The number of aryl methyl sites for hydroxylation is 3. The largest absolute Gasteiger partial charge is 0.383 e. The Kier molecular flexibility index (Phi) is 3.98. The van der Waals surface area contributed by atoms with Gasteiger partial charge in [0.15, 0.2) is 0 Å². The molecule has 2 aromatic rings. The van der Waals surface area contributed by atoms with E-state index >= 15 is 0 Å². The highest BCUT2D eigenvalue weighted by atomic mass is 16.3. The average molecular weight is 313 g/mol. The van der Waals surface area contributed by atoms with Gasteiger partial charge in [0.1, 0.15) is 5.60 Å². The molecule has 0 spiro atoms. The van der Waals surface area contributed by atoms with E-state index in [2.05, 4.69) is 16.5 Å². The van der Waals surface area contributed by atoms with Crippen LogP contribution < -0.4 is 5.32 Å². The molecule has 1 atom stereocenters. The first-order chi connectivity index (χ1) is 10.9. The number of hydrogen-bond acceptors (Lipinski definition) is 3. The van der Waals surface area contributed by atoms with E-state index in [-0.39, 0.29) is 12.5 Å². The number of carbonyl (C=O) groups excluding carboxylic acids is 1. The molecule has 1 heterocycles. The molecule has 1 aromatic carbocycles. The summed E-state index contributed by atoms with van der Waals surface area (Å²) < 4.78 is 1.70. The van der Waals surface area contributed by atoms with Crippen LogP contribution >= 0.6 is 0 Å². The Bertz CT molecular complexity index is 751. The van der Waals surface area contributed by atoms with Gasteiger partial charge in [-0.25, -0.2) is 0 Å². The standard InChI is InChI=1S/C18H23N3O2/c1-12-16(13(2)21(3)20-12)17(22)19-11-18(23)10-6-8-14-7-4-5-9-15(14)18/h4-5,7,9,23H,6,8,10-11H2,1-3H3,(H,19,22).